The number of hydrogen-bond acceptors (Lipinski definition) is 13. The SMILES string of the molecule is COC(=O)[C@](Cn1c(=O)ccn([C@@H]2O[C@H](CO[P@@](=O)(N[C@@H](C)C(=O)OC(C)C)Oc3ccccc3)[C@@H](O)[C@@]2(C)F)c1=O)(NC(=O)OC1CCCC1)C(C)C. The predicted molar refractivity (Wildman–Crippen MR) is 190 cm³/mol. The molecule has 1 aliphatic heterocycles. The zero-order valence-corrected chi connectivity index (χ0v) is 32.3. The highest BCUT2D eigenvalue weighted by atomic mass is 31.2. The van der Waals surface area contributed by atoms with E-state index in [9.17, 15) is 33.6 Å². The zero-order valence-electron chi connectivity index (χ0n) is 31.4. The Hall–Kier alpha value is -4.09. The topological polar surface area (TPSA) is 212 Å². The van der Waals surface area contributed by atoms with Crippen LogP contribution in [0.15, 0.2) is 52.2 Å². The van der Waals surface area contributed by atoms with Gasteiger partial charge in [0.05, 0.1) is 26.4 Å². The number of nitrogens with zero attached hydrogens (tertiary/aromatic N) is 2. The molecule has 3 N–H and O–H groups in total. The van der Waals surface area contributed by atoms with Crippen molar-refractivity contribution in [2.45, 2.75) is 122 Å². The molecule has 0 spiro atoms. The molecule has 300 valence electrons. The Morgan fingerprint density at radius 3 is 2.33 bits per heavy atom. The molecule has 2 heterocycles. The lowest BCUT2D eigenvalue weighted by molar-refractivity contribution is -0.151. The molecule has 2 fully saturated rings. The monoisotopic (exact) mass is 784 g/mol. The lowest BCUT2D eigenvalue weighted by Gasteiger charge is -2.35. The van der Waals surface area contributed by atoms with E-state index in [1.807, 2.05) is 0 Å². The van der Waals surface area contributed by atoms with Crippen LogP contribution in [0.25, 0.3) is 0 Å². The number of hydrogen-bond donors (Lipinski definition) is 3. The molecule has 0 unspecified atom stereocenters. The Morgan fingerprint density at radius 2 is 1.74 bits per heavy atom. The van der Waals surface area contributed by atoms with Crippen molar-refractivity contribution in [3.63, 3.8) is 0 Å². The first-order valence-electron chi connectivity index (χ1n) is 17.7. The van der Waals surface area contributed by atoms with Crippen LogP contribution in [-0.4, -0.2) is 87.7 Å². The second-order valence-corrected chi connectivity index (χ2v) is 15.8. The van der Waals surface area contributed by atoms with Crippen LogP contribution >= 0.6 is 7.75 Å². The molecular weight excluding hydrogens is 734 g/mol. The lowest BCUT2D eigenvalue weighted by Crippen LogP contribution is -2.63. The van der Waals surface area contributed by atoms with E-state index in [0.29, 0.717) is 22.0 Å². The van der Waals surface area contributed by atoms with Gasteiger partial charge in [-0.1, -0.05) is 32.0 Å². The Morgan fingerprint density at radius 1 is 1.09 bits per heavy atom. The second kappa shape index (κ2) is 17.6. The Bertz CT molecular complexity index is 1800. The average Bonchev–Trinajstić information content (AvgIpc) is 3.69. The van der Waals surface area contributed by atoms with Crippen LogP contribution in [0.4, 0.5) is 9.18 Å². The second-order valence-electron chi connectivity index (χ2n) is 14.1. The van der Waals surface area contributed by atoms with Gasteiger partial charge in [-0.2, -0.15) is 5.09 Å². The van der Waals surface area contributed by atoms with Gasteiger partial charge in [0, 0.05) is 12.3 Å². The summed E-state index contributed by atoms with van der Waals surface area (Å²) < 4.78 is 64.4. The van der Waals surface area contributed by atoms with Gasteiger partial charge in [0.15, 0.2) is 17.4 Å². The Kier molecular flexibility index (Phi) is 13.9. The number of rotatable bonds is 16. The summed E-state index contributed by atoms with van der Waals surface area (Å²) in [6.45, 7) is 7.24. The quantitative estimate of drug-likeness (QED) is 0.127. The first kappa shape index (κ1) is 42.6. The number of carbonyl (C=O) groups excluding carboxylic acids is 3. The fourth-order valence-corrected chi connectivity index (χ4v) is 7.73. The molecular formula is C35H50FN4O13P. The summed E-state index contributed by atoms with van der Waals surface area (Å²) in [7, 11) is -3.38. The van der Waals surface area contributed by atoms with E-state index in [-0.39, 0.29) is 11.9 Å². The van der Waals surface area contributed by atoms with Crippen LogP contribution < -0.4 is 26.2 Å². The van der Waals surface area contributed by atoms with Gasteiger partial charge in [-0.3, -0.25) is 23.2 Å². The third kappa shape index (κ3) is 9.76. The molecule has 4 rings (SSSR count). The number of nitrogens with one attached hydrogen (secondary N) is 2. The number of carbonyl (C=O) groups is 3. The highest BCUT2D eigenvalue weighted by Gasteiger charge is 2.56. The van der Waals surface area contributed by atoms with E-state index in [2.05, 4.69) is 10.4 Å². The van der Waals surface area contributed by atoms with Crippen molar-refractivity contribution < 1.29 is 56.4 Å². The highest BCUT2D eigenvalue weighted by molar-refractivity contribution is 7.52. The number of aliphatic hydroxyl groups is 1. The van der Waals surface area contributed by atoms with Gasteiger partial charge in [0.2, 0.25) is 0 Å². The molecule has 1 aliphatic carbocycles. The van der Waals surface area contributed by atoms with Crippen LogP contribution in [0.1, 0.15) is 73.5 Å². The van der Waals surface area contributed by atoms with E-state index in [1.54, 1.807) is 45.9 Å². The Balaban J connectivity index is 1.61. The number of esters is 2. The van der Waals surface area contributed by atoms with Crippen molar-refractivity contribution in [2.24, 2.45) is 5.92 Å². The standard InChI is InChI=1S/C35H50FN4O13P/c1-21(2)35(31(44)48-7,37-32(45)51-24-13-11-12-14-24)20-40-27(41)17-18-39(33(40)46)30-34(6,36)28(42)26(52-30)19-49-54(47,53-25-15-9-8-10-16-25)38-23(5)29(43)50-22(3)4/h8-10,15-18,21-24,26,28,30,42H,11-14,19-20H2,1-7H3,(H,37,45)(H,38,47)/t23-,26+,28+,30+,34+,35+,54-/m0/s1. The number of aromatic nitrogens is 2. The van der Waals surface area contributed by atoms with Crippen LogP contribution in [0.2, 0.25) is 0 Å². The van der Waals surface area contributed by atoms with Gasteiger partial charge in [0.1, 0.15) is 30.1 Å². The van der Waals surface area contributed by atoms with Crippen LogP contribution in [-0.2, 0) is 44.2 Å². The summed E-state index contributed by atoms with van der Waals surface area (Å²) in [5.41, 5.74) is -6.75. The molecule has 1 saturated carbocycles. The van der Waals surface area contributed by atoms with Gasteiger partial charge >= 0.3 is 31.5 Å². The summed E-state index contributed by atoms with van der Waals surface area (Å²) in [6.07, 6.45) is -3.24. The highest BCUT2D eigenvalue weighted by Crippen LogP contribution is 2.47. The van der Waals surface area contributed by atoms with E-state index in [1.165, 1.54) is 19.1 Å². The maximum atomic E-state index is 16.4. The molecule has 1 amide bonds. The molecule has 7 atom stereocenters. The Labute approximate surface area is 312 Å². The molecule has 17 nitrogen and oxygen atoms in total. The van der Waals surface area contributed by atoms with Gasteiger partial charge < -0.3 is 33.9 Å². The number of amides is 1. The van der Waals surface area contributed by atoms with Crippen molar-refractivity contribution in [1.29, 1.82) is 0 Å². The number of benzene rings is 1. The van der Waals surface area contributed by atoms with Crippen molar-refractivity contribution in [3.8, 4) is 5.75 Å². The predicted octanol–water partition coefficient (Wildman–Crippen LogP) is 3.37. The fraction of sp³-hybridized carbons (Fsp3) is 0.629. The summed E-state index contributed by atoms with van der Waals surface area (Å²) in [6, 6.07) is 7.58. The summed E-state index contributed by atoms with van der Waals surface area (Å²) in [5.74, 6) is -2.39. The summed E-state index contributed by atoms with van der Waals surface area (Å²) in [4.78, 5) is 66.0. The normalized spacial score (nSPS) is 24.4. The molecule has 0 radical (unpaired) electrons. The van der Waals surface area contributed by atoms with Crippen molar-refractivity contribution >= 4 is 25.8 Å². The third-order valence-corrected chi connectivity index (χ3v) is 11.0. The van der Waals surface area contributed by atoms with Crippen molar-refractivity contribution in [2.75, 3.05) is 13.7 Å². The van der Waals surface area contributed by atoms with E-state index in [4.69, 9.17) is 28.0 Å². The molecule has 19 heteroatoms. The molecule has 1 aromatic carbocycles. The van der Waals surface area contributed by atoms with E-state index < -0.39 is 97.9 Å². The maximum Gasteiger partial charge on any atom is 0.459 e. The molecule has 2 aliphatic rings. The zero-order chi connectivity index (χ0) is 40.0. The third-order valence-electron chi connectivity index (χ3n) is 9.34. The summed E-state index contributed by atoms with van der Waals surface area (Å²) >= 11 is 0. The number of aliphatic hydroxyl groups excluding tert-OH is 1. The van der Waals surface area contributed by atoms with Crippen LogP contribution in [0.3, 0.4) is 0 Å². The first-order chi connectivity index (χ1) is 25.3. The largest absolute Gasteiger partial charge is 0.467 e. The first-order valence-corrected chi connectivity index (χ1v) is 19.3. The number of methoxy groups -OCH3 is 1. The number of halogens is 1. The molecule has 54 heavy (non-hydrogen) atoms. The van der Waals surface area contributed by atoms with Gasteiger partial charge in [0.25, 0.3) is 5.56 Å². The molecule has 1 saturated heterocycles. The lowest BCUT2D eigenvalue weighted by atomic mass is 9.86. The minimum atomic E-state index is -4.47. The molecule has 1 aromatic heterocycles. The summed E-state index contributed by atoms with van der Waals surface area (Å²) in [5, 5.41) is 16.1. The number of para-hydroxylation sites is 1. The van der Waals surface area contributed by atoms with Gasteiger partial charge in [-0.25, -0.2) is 23.3 Å². The van der Waals surface area contributed by atoms with Gasteiger partial charge in [-0.05, 0) is 71.4 Å². The van der Waals surface area contributed by atoms with Crippen molar-refractivity contribution in [1.82, 2.24) is 19.5 Å². The van der Waals surface area contributed by atoms with E-state index >= 15 is 4.39 Å². The van der Waals surface area contributed by atoms with Crippen LogP contribution in [0.5, 0.6) is 5.75 Å². The van der Waals surface area contributed by atoms with Gasteiger partial charge in [-0.15, -0.1) is 0 Å². The fourth-order valence-electron chi connectivity index (χ4n) is 6.23. The number of ether oxygens (including phenoxy) is 4. The molecule has 2 aromatic rings. The number of alkyl halides is 1. The van der Waals surface area contributed by atoms with Crippen molar-refractivity contribution in [3.05, 3.63) is 63.4 Å². The minimum Gasteiger partial charge on any atom is -0.467 e. The smallest absolute Gasteiger partial charge is 0.459 e. The van der Waals surface area contributed by atoms with E-state index in [0.717, 1.165) is 39.1 Å². The average molecular weight is 785 g/mol. The van der Waals surface area contributed by atoms with Crippen LogP contribution in [0, 0.1) is 5.92 Å². The minimum absolute atomic E-state index is 0.0957. The maximum absolute atomic E-state index is 16.4. The molecule has 0 bridgehead atoms. The number of alkyl carbamates (subject to hydrolysis) is 1.